The van der Waals surface area contributed by atoms with Crippen molar-refractivity contribution in [3.05, 3.63) is 52.0 Å². The van der Waals surface area contributed by atoms with Crippen LogP contribution in [0.4, 0.5) is 0 Å². The summed E-state index contributed by atoms with van der Waals surface area (Å²) < 4.78 is 1.95. The largest absolute Gasteiger partial charge is 0.315 e. The van der Waals surface area contributed by atoms with E-state index >= 15 is 0 Å². The van der Waals surface area contributed by atoms with Crippen LogP contribution in [0.15, 0.2) is 30.5 Å². The van der Waals surface area contributed by atoms with E-state index in [0.29, 0.717) is 5.15 Å². The summed E-state index contributed by atoms with van der Waals surface area (Å²) in [4.78, 5) is 4.13. The number of hydrogen-bond acceptors (Lipinski definition) is 1. The van der Waals surface area contributed by atoms with Gasteiger partial charge in [-0.25, -0.2) is 4.98 Å². The van der Waals surface area contributed by atoms with Crippen LogP contribution in [-0.4, -0.2) is 9.55 Å². The van der Waals surface area contributed by atoms with Crippen LogP contribution in [0, 0.1) is 6.92 Å². The Hall–Kier alpha value is -0.700. The standard InChI is InChI=1S/C11H10Cl2N2.ClH/c1-8-14-6-11(13)15(8)7-9-2-4-10(12)5-3-9;/h2-6H,7H2,1H3;1H. The van der Waals surface area contributed by atoms with Crippen LogP contribution in [0.3, 0.4) is 0 Å². The molecule has 0 saturated heterocycles. The number of halogens is 3. The molecule has 0 spiro atoms. The molecule has 2 rings (SSSR count). The molecule has 0 radical (unpaired) electrons. The van der Waals surface area contributed by atoms with E-state index in [-0.39, 0.29) is 12.4 Å². The molecule has 5 heteroatoms. The molecule has 0 aliphatic rings. The van der Waals surface area contributed by atoms with E-state index in [4.69, 9.17) is 23.2 Å². The molecule has 0 aliphatic heterocycles. The number of imidazole rings is 1. The Kier molecular flexibility index (Phi) is 4.66. The lowest BCUT2D eigenvalue weighted by Gasteiger charge is -2.06. The van der Waals surface area contributed by atoms with Crippen molar-refractivity contribution in [2.75, 3.05) is 0 Å². The molecule has 0 saturated carbocycles. The summed E-state index contributed by atoms with van der Waals surface area (Å²) in [5, 5.41) is 1.40. The van der Waals surface area contributed by atoms with Crippen LogP contribution in [0.5, 0.6) is 0 Å². The molecule has 1 heterocycles. The molecule has 0 aliphatic carbocycles. The van der Waals surface area contributed by atoms with Crippen molar-refractivity contribution in [3.8, 4) is 0 Å². The third kappa shape index (κ3) is 2.91. The lowest BCUT2D eigenvalue weighted by atomic mass is 10.2. The second-order valence-electron chi connectivity index (χ2n) is 3.34. The zero-order valence-corrected chi connectivity index (χ0v) is 11.0. The van der Waals surface area contributed by atoms with Crippen molar-refractivity contribution < 1.29 is 0 Å². The van der Waals surface area contributed by atoms with Gasteiger partial charge in [0.15, 0.2) is 0 Å². The smallest absolute Gasteiger partial charge is 0.129 e. The second-order valence-corrected chi connectivity index (χ2v) is 4.16. The van der Waals surface area contributed by atoms with E-state index in [9.17, 15) is 0 Å². The van der Waals surface area contributed by atoms with Gasteiger partial charge in [0.1, 0.15) is 11.0 Å². The number of hydrogen-bond donors (Lipinski definition) is 0. The van der Waals surface area contributed by atoms with Gasteiger partial charge in [-0.1, -0.05) is 35.3 Å². The van der Waals surface area contributed by atoms with Gasteiger partial charge in [-0.2, -0.15) is 0 Å². The van der Waals surface area contributed by atoms with Gasteiger partial charge in [0.25, 0.3) is 0 Å². The fourth-order valence-electron chi connectivity index (χ4n) is 1.40. The summed E-state index contributed by atoms with van der Waals surface area (Å²) >= 11 is 11.8. The van der Waals surface area contributed by atoms with E-state index in [1.807, 2.05) is 35.8 Å². The highest BCUT2D eigenvalue weighted by Gasteiger charge is 2.04. The highest BCUT2D eigenvalue weighted by Crippen LogP contribution is 2.15. The van der Waals surface area contributed by atoms with Crippen molar-refractivity contribution >= 4 is 35.6 Å². The summed E-state index contributed by atoms with van der Waals surface area (Å²) in [6.07, 6.45) is 1.66. The molecule has 0 unspecified atom stereocenters. The minimum atomic E-state index is 0. The third-order valence-corrected chi connectivity index (χ3v) is 2.81. The second kappa shape index (κ2) is 5.58. The zero-order chi connectivity index (χ0) is 10.8. The van der Waals surface area contributed by atoms with Crippen molar-refractivity contribution in [2.45, 2.75) is 13.5 Å². The fourth-order valence-corrected chi connectivity index (χ4v) is 1.76. The van der Waals surface area contributed by atoms with Gasteiger partial charge in [-0.3, -0.25) is 0 Å². The minimum Gasteiger partial charge on any atom is -0.315 e. The van der Waals surface area contributed by atoms with Crippen LogP contribution >= 0.6 is 35.6 Å². The lowest BCUT2D eigenvalue weighted by molar-refractivity contribution is 0.762. The molecular formula is C11H11Cl3N2. The van der Waals surface area contributed by atoms with Crippen molar-refractivity contribution in [3.63, 3.8) is 0 Å². The number of nitrogens with zero attached hydrogens (tertiary/aromatic N) is 2. The maximum Gasteiger partial charge on any atom is 0.129 e. The monoisotopic (exact) mass is 276 g/mol. The van der Waals surface area contributed by atoms with Crippen molar-refractivity contribution in [1.82, 2.24) is 9.55 Å². The highest BCUT2D eigenvalue weighted by atomic mass is 35.5. The Balaban J connectivity index is 0.00000128. The van der Waals surface area contributed by atoms with Crippen LogP contribution in [0.2, 0.25) is 10.2 Å². The van der Waals surface area contributed by atoms with Crippen LogP contribution in [-0.2, 0) is 6.54 Å². The van der Waals surface area contributed by atoms with Crippen LogP contribution in [0.1, 0.15) is 11.4 Å². The maximum atomic E-state index is 6.00. The summed E-state index contributed by atoms with van der Waals surface area (Å²) in [7, 11) is 0. The molecule has 2 aromatic rings. The summed E-state index contributed by atoms with van der Waals surface area (Å²) in [6, 6.07) is 7.71. The molecule has 0 fully saturated rings. The Bertz CT molecular complexity index is 443. The van der Waals surface area contributed by atoms with E-state index in [0.717, 1.165) is 23.0 Å². The first-order valence-corrected chi connectivity index (χ1v) is 5.34. The fraction of sp³-hybridized carbons (Fsp3) is 0.182. The van der Waals surface area contributed by atoms with Crippen LogP contribution in [0.25, 0.3) is 0 Å². The van der Waals surface area contributed by atoms with Gasteiger partial charge in [0.2, 0.25) is 0 Å². The number of aromatic nitrogens is 2. The molecule has 1 aromatic heterocycles. The van der Waals surface area contributed by atoms with Gasteiger partial charge in [-0.15, -0.1) is 12.4 Å². The molecule has 0 N–H and O–H groups in total. The van der Waals surface area contributed by atoms with Crippen molar-refractivity contribution in [2.24, 2.45) is 0 Å². The highest BCUT2D eigenvalue weighted by molar-refractivity contribution is 6.30. The predicted molar refractivity (Wildman–Crippen MR) is 69.8 cm³/mol. The van der Waals surface area contributed by atoms with Crippen molar-refractivity contribution in [1.29, 1.82) is 0 Å². The summed E-state index contributed by atoms with van der Waals surface area (Å²) in [5.74, 6) is 0.912. The molecule has 0 amide bonds. The van der Waals surface area contributed by atoms with Gasteiger partial charge in [0, 0.05) is 5.02 Å². The Labute approximate surface area is 111 Å². The zero-order valence-electron chi connectivity index (χ0n) is 8.65. The molecular weight excluding hydrogens is 266 g/mol. The normalized spacial score (nSPS) is 9.94. The average molecular weight is 278 g/mol. The molecule has 0 bridgehead atoms. The quantitative estimate of drug-likeness (QED) is 0.812. The average Bonchev–Trinajstić information content (AvgIpc) is 2.53. The first kappa shape index (κ1) is 13.4. The molecule has 1 aromatic carbocycles. The Morgan fingerprint density at radius 3 is 2.31 bits per heavy atom. The Morgan fingerprint density at radius 1 is 1.19 bits per heavy atom. The molecule has 2 nitrogen and oxygen atoms in total. The number of benzene rings is 1. The summed E-state index contributed by atoms with van der Waals surface area (Å²) in [5.41, 5.74) is 1.16. The molecule has 0 atom stereocenters. The Morgan fingerprint density at radius 2 is 1.81 bits per heavy atom. The molecule has 16 heavy (non-hydrogen) atoms. The first-order valence-electron chi connectivity index (χ1n) is 4.59. The lowest BCUT2D eigenvalue weighted by Crippen LogP contribution is -2.01. The predicted octanol–water partition coefficient (Wildman–Crippen LogP) is 3.97. The van der Waals surface area contributed by atoms with E-state index < -0.39 is 0 Å². The van der Waals surface area contributed by atoms with Gasteiger partial charge in [0.05, 0.1) is 12.7 Å². The van der Waals surface area contributed by atoms with Gasteiger partial charge >= 0.3 is 0 Å². The van der Waals surface area contributed by atoms with Gasteiger partial charge in [-0.05, 0) is 24.6 Å². The van der Waals surface area contributed by atoms with E-state index in [1.54, 1.807) is 6.20 Å². The minimum absolute atomic E-state index is 0. The first-order chi connectivity index (χ1) is 7.16. The number of rotatable bonds is 2. The number of aryl methyl sites for hydroxylation is 1. The van der Waals surface area contributed by atoms with E-state index in [1.165, 1.54) is 0 Å². The van der Waals surface area contributed by atoms with E-state index in [2.05, 4.69) is 4.98 Å². The van der Waals surface area contributed by atoms with Crippen LogP contribution < -0.4 is 0 Å². The van der Waals surface area contributed by atoms with Gasteiger partial charge < -0.3 is 4.57 Å². The maximum absolute atomic E-state index is 6.00. The SMILES string of the molecule is Cc1ncc(Cl)n1Cc1ccc(Cl)cc1.Cl. The summed E-state index contributed by atoms with van der Waals surface area (Å²) in [6.45, 7) is 2.66. The topological polar surface area (TPSA) is 17.8 Å². The third-order valence-electron chi connectivity index (χ3n) is 2.26. The molecule has 86 valence electrons.